The van der Waals surface area contributed by atoms with Gasteiger partial charge in [0.1, 0.15) is 5.75 Å². The predicted octanol–water partition coefficient (Wildman–Crippen LogP) is 3.30. The van der Waals surface area contributed by atoms with Crippen molar-refractivity contribution < 1.29 is 19.1 Å². The zero-order chi connectivity index (χ0) is 25.5. The van der Waals surface area contributed by atoms with E-state index in [1.54, 1.807) is 56.7 Å². The van der Waals surface area contributed by atoms with E-state index < -0.39 is 5.91 Å². The van der Waals surface area contributed by atoms with Crippen LogP contribution in [0.5, 0.6) is 11.6 Å². The highest BCUT2D eigenvalue weighted by atomic mass is 16.5. The third kappa shape index (κ3) is 6.57. The Kier molecular flexibility index (Phi) is 8.12. The molecule has 4 rings (SSSR count). The first-order chi connectivity index (χ1) is 17.4. The molecule has 1 aliphatic heterocycles. The normalized spacial score (nSPS) is 14.9. The van der Waals surface area contributed by atoms with Crippen molar-refractivity contribution >= 4 is 17.5 Å². The molecule has 0 radical (unpaired) electrons. The molecule has 1 unspecified atom stereocenters. The number of pyridine rings is 2. The van der Waals surface area contributed by atoms with Crippen LogP contribution in [0.4, 0.5) is 5.69 Å². The molecule has 3 N–H and O–H groups in total. The number of hydrogen-bond acceptors (Lipinski definition) is 7. The van der Waals surface area contributed by atoms with Gasteiger partial charge >= 0.3 is 0 Å². The molecule has 36 heavy (non-hydrogen) atoms. The molecule has 0 spiro atoms. The van der Waals surface area contributed by atoms with Gasteiger partial charge in [-0.05, 0) is 61.2 Å². The number of ether oxygens (including phenoxy) is 2. The van der Waals surface area contributed by atoms with E-state index in [2.05, 4.69) is 21.4 Å². The van der Waals surface area contributed by atoms with E-state index in [0.717, 1.165) is 43.0 Å². The topological polar surface area (TPSA) is 120 Å². The van der Waals surface area contributed by atoms with Crippen molar-refractivity contribution in [3.8, 4) is 11.6 Å². The summed E-state index contributed by atoms with van der Waals surface area (Å²) in [4.78, 5) is 33.8. The molecule has 9 heteroatoms. The lowest BCUT2D eigenvalue weighted by atomic mass is 9.99. The number of anilines is 1. The first-order valence-electron chi connectivity index (χ1n) is 11.9. The summed E-state index contributed by atoms with van der Waals surface area (Å²) in [6.07, 6.45) is 5.73. The SMILES string of the molecule is CN(C)C(=O)c1ccc(Oc2ncc(NCCc3ccc(C(N)=O)cn3)cc2CC2CCOC2)cc1. The molecule has 188 valence electrons. The van der Waals surface area contributed by atoms with E-state index in [1.807, 2.05) is 0 Å². The van der Waals surface area contributed by atoms with E-state index in [4.69, 9.17) is 15.2 Å². The Hall–Kier alpha value is -3.98. The van der Waals surface area contributed by atoms with Crippen molar-refractivity contribution in [2.45, 2.75) is 19.3 Å². The number of aromatic nitrogens is 2. The van der Waals surface area contributed by atoms with Gasteiger partial charge in [0.15, 0.2) is 0 Å². The maximum atomic E-state index is 12.1. The van der Waals surface area contributed by atoms with Crippen LogP contribution in [0, 0.1) is 5.92 Å². The second-order valence-electron chi connectivity index (χ2n) is 9.03. The van der Waals surface area contributed by atoms with Crippen LogP contribution in [-0.4, -0.2) is 60.5 Å². The van der Waals surface area contributed by atoms with Crippen LogP contribution in [0.2, 0.25) is 0 Å². The molecule has 3 heterocycles. The summed E-state index contributed by atoms with van der Waals surface area (Å²) in [6.45, 7) is 2.15. The number of amides is 2. The van der Waals surface area contributed by atoms with Crippen LogP contribution >= 0.6 is 0 Å². The summed E-state index contributed by atoms with van der Waals surface area (Å²) in [5, 5.41) is 3.39. The van der Waals surface area contributed by atoms with E-state index >= 15 is 0 Å². The maximum absolute atomic E-state index is 12.1. The van der Waals surface area contributed by atoms with Gasteiger partial charge in [-0.3, -0.25) is 14.6 Å². The summed E-state index contributed by atoms with van der Waals surface area (Å²) < 4.78 is 11.7. The molecular formula is C27H31N5O4. The molecule has 1 atom stereocenters. The number of nitrogens with one attached hydrogen (secondary N) is 1. The standard InChI is InChI=1S/C27H31N5O4/c1-32(2)27(34)19-4-7-24(8-5-19)36-26-21(13-18-10-12-35-17-18)14-23(16-31-26)29-11-9-22-6-3-20(15-30-22)25(28)33/h3-8,14-16,18,29H,9-13,17H2,1-2H3,(H2,28,33). The number of rotatable bonds is 10. The number of hydrogen-bond donors (Lipinski definition) is 2. The van der Waals surface area contributed by atoms with Crippen molar-refractivity contribution in [1.29, 1.82) is 0 Å². The van der Waals surface area contributed by atoms with E-state index in [9.17, 15) is 9.59 Å². The van der Waals surface area contributed by atoms with Gasteiger partial charge < -0.3 is 25.4 Å². The molecule has 0 aliphatic carbocycles. The smallest absolute Gasteiger partial charge is 0.253 e. The van der Waals surface area contributed by atoms with Crippen molar-refractivity contribution in [3.63, 3.8) is 0 Å². The van der Waals surface area contributed by atoms with Gasteiger partial charge in [0, 0.05) is 63.3 Å². The molecule has 1 aliphatic rings. The second-order valence-corrected chi connectivity index (χ2v) is 9.03. The van der Waals surface area contributed by atoms with Gasteiger partial charge in [0.2, 0.25) is 11.8 Å². The fourth-order valence-corrected chi connectivity index (χ4v) is 3.98. The van der Waals surface area contributed by atoms with Gasteiger partial charge in [0.25, 0.3) is 5.91 Å². The lowest BCUT2D eigenvalue weighted by Gasteiger charge is -2.15. The lowest BCUT2D eigenvalue weighted by Crippen LogP contribution is -2.21. The Balaban J connectivity index is 1.44. The van der Waals surface area contributed by atoms with E-state index in [1.165, 1.54) is 11.1 Å². The second kappa shape index (κ2) is 11.6. The van der Waals surface area contributed by atoms with Gasteiger partial charge in [-0.15, -0.1) is 0 Å². The van der Waals surface area contributed by atoms with Crippen molar-refractivity contribution in [3.05, 3.63) is 77.2 Å². The molecular weight excluding hydrogens is 458 g/mol. The van der Waals surface area contributed by atoms with Crippen molar-refractivity contribution in [2.75, 3.05) is 39.2 Å². The minimum absolute atomic E-state index is 0.0592. The fraction of sp³-hybridized carbons (Fsp3) is 0.333. The van der Waals surface area contributed by atoms with Crippen molar-refractivity contribution in [2.24, 2.45) is 11.7 Å². The van der Waals surface area contributed by atoms with Gasteiger partial charge in [-0.2, -0.15) is 0 Å². The molecule has 2 amide bonds. The third-order valence-corrected chi connectivity index (χ3v) is 6.00. The number of carbonyl (C=O) groups excluding carboxylic acids is 2. The summed E-state index contributed by atoms with van der Waals surface area (Å²) >= 11 is 0. The van der Waals surface area contributed by atoms with Crippen molar-refractivity contribution in [1.82, 2.24) is 14.9 Å². The van der Waals surface area contributed by atoms with Gasteiger partial charge in [-0.25, -0.2) is 4.98 Å². The van der Waals surface area contributed by atoms with Gasteiger partial charge in [0.05, 0.1) is 17.4 Å². The zero-order valence-electron chi connectivity index (χ0n) is 20.6. The summed E-state index contributed by atoms with van der Waals surface area (Å²) in [5.41, 5.74) is 9.00. The summed E-state index contributed by atoms with van der Waals surface area (Å²) in [5.74, 6) is 1.03. The number of primary amides is 1. The lowest BCUT2D eigenvalue weighted by molar-refractivity contribution is 0.0827. The van der Waals surface area contributed by atoms with Crippen LogP contribution in [0.15, 0.2) is 54.9 Å². The minimum Gasteiger partial charge on any atom is -0.439 e. The monoisotopic (exact) mass is 489 g/mol. The average molecular weight is 490 g/mol. The van der Waals surface area contributed by atoms with Crippen LogP contribution in [0.25, 0.3) is 0 Å². The summed E-state index contributed by atoms with van der Waals surface area (Å²) in [7, 11) is 3.45. The molecule has 9 nitrogen and oxygen atoms in total. The minimum atomic E-state index is -0.487. The Bertz CT molecular complexity index is 1190. The highest BCUT2D eigenvalue weighted by molar-refractivity contribution is 5.94. The zero-order valence-corrected chi connectivity index (χ0v) is 20.6. The van der Waals surface area contributed by atoms with Crippen LogP contribution in [0.3, 0.4) is 0 Å². The molecule has 0 saturated carbocycles. The molecule has 1 aromatic carbocycles. The van der Waals surface area contributed by atoms with Gasteiger partial charge in [-0.1, -0.05) is 0 Å². The average Bonchev–Trinajstić information content (AvgIpc) is 3.39. The Morgan fingerprint density at radius 3 is 2.53 bits per heavy atom. The van der Waals surface area contributed by atoms with E-state index in [-0.39, 0.29) is 5.91 Å². The molecule has 3 aromatic rings. The number of nitrogens with zero attached hydrogens (tertiary/aromatic N) is 3. The molecule has 0 bridgehead atoms. The number of nitrogens with two attached hydrogens (primary N) is 1. The molecule has 1 fully saturated rings. The third-order valence-electron chi connectivity index (χ3n) is 6.00. The highest BCUT2D eigenvalue weighted by Gasteiger charge is 2.20. The van der Waals surface area contributed by atoms with Crippen LogP contribution in [-0.2, 0) is 17.6 Å². The Morgan fingerprint density at radius 2 is 1.89 bits per heavy atom. The van der Waals surface area contributed by atoms with E-state index in [0.29, 0.717) is 41.6 Å². The Morgan fingerprint density at radius 1 is 1.11 bits per heavy atom. The summed E-state index contributed by atoms with van der Waals surface area (Å²) in [6, 6.07) is 12.6. The quantitative estimate of drug-likeness (QED) is 0.448. The van der Waals surface area contributed by atoms with Crippen LogP contribution in [0.1, 0.15) is 38.4 Å². The molecule has 2 aromatic heterocycles. The maximum Gasteiger partial charge on any atom is 0.253 e. The first-order valence-corrected chi connectivity index (χ1v) is 11.9. The number of benzene rings is 1. The predicted molar refractivity (Wildman–Crippen MR) is 136 cm³/mol. The molecule has 1 saturated heterocycles. The highest BCUT2D eigenvalue weighted by Crippen LogP contribution is 2.29. The first kappa shape index (κ1) is 25.1. The van der Waals surface area contributed by atoms with Crippen LogP contribution < -0.4 is 15.8 Å². The Labute approximate surface area is 210 Å². The fourth-order valence-electron chi connectivity index (χ4n) is 3.98. The number of carbonyl (C=O) groups is 2. The largest absolute Gasteiger partial charge is 0.439 e.